The minimum absolute atomic E-state index is 0.671. The Bertz CT molecular complexity index is 339. The number of piperidine rings is 1. The molecule has 1 heterocycles. The third-order valence-electron chi connectivity index (χ3n) is 3.54. The fourth-order valence-corrected chi connectivity index (χ4v) is 3.39. The first kappa shape index (κ1) is 14.0. The normalized spacial score (nSPS) is 20.3. The summed E-state index contributed by atoms with van der Waals surface area (Å²) in [5.41, 5.74) is 1.49. The average molecular weight is 263 g/mol. The van der Waals surface area contributed by atoms with Crippen LogP contribution in [0.25, 0.3) is 0 Å². The standard InChI is InChI=1S/C16H25NS/c1-13(2)18-16-9-7-14(8-10-16)5-6-15-4-3-11-17-12-15/h7-10,13,15,17H,3-6,11-12H2,1-2H3. The lowest BCUT2D eigenvalue weighted by Gasteiger charge is -2.22. The minimum Gasteiger partial charge on any atom is -0.316 e. The van der Waals surface area contributed by atoms with Gasteiger partial charge < -0.3 is 5.32 Å². The van der Waals surface area contributed by atoms with Crippen LogP contribution in [0.2, 0.25) is 0 Å². The van der Waals surface area contributed by atoms with Crippen LogP contribution in [0, 0.1) is 5.92 Å². The van der Waals surface area contributed by atoms with Gasteiger partial charge in [0.2, 0.25) is 0 Å². The van der Waals surface area contributed by atoms with Crippen LogP contribution in [0.1, 0.15) is 38.7 Å². The molecule has 1 atom stereocenters. The summed E-state index contributed by atoms with van der Waals surface area (Å²) in [6, 6.07) is 9.17. The van der Waals surface area contributed by atoms with Gasteiger partial charge in [-0.2, -0.15) is 0 Å². The van der Waals surface area contributed by atoms with Gasteiger partial charge in [-0.1, -0.05) is 26.0 Å². The topological polar surface area (TPSA) is 12.0 Å². The van der Waals surface area contributed by atoms with Gasteiger partial charge in [0.15, 0.2) is 0 Å². The number of thioether (sulfide) groups is 1. The van der Waals surface area contributed by atoms with Gasteiger partial charge in [-0.15, -0.1) is 11.8 Å². The van der Waals surface area contributed by atoms with Crippen LogP contribution in [0.4, 0.5) is 0 Å². The lowest BCUT2D eigenvalue weighted by atomic mass is 9.93. The van der Waals surface area contributed by atoms with E-state index in [2.05, 4.69) is 43.4 Å². The molecule has 100 valence electrons. The van der Waals surface area contributed by atoms with Crippen molar-refractivity contribution in [1.82, 2.24) is 5.32 Å². The highest BCUT2D eigenvalue weighted by molar-refractivity contribution is 7.99. The second-order valence-corrected chi connectivity index (χ2v) is 7.21. The summed E-state index contributed by atoms with van der Waals surface area (Å²) >= 11 is 1.94. The molecule has 1 unspecified atom stereocenters. The van der Waals surface area contributed by atoms with Gasteiger partial charge in [0, 0.05) is 10.1 Å². The zero-order valence-corrected chi connectivity index (χ0v) is 12.4. The molecule has 1 aromatic carbocycles. The molecule has 2 heteroatoms. The molecule has 18 heavy (non-hydrogen) atoms. The van der Waals surface area contributed by atoms with Gasteiger partial charge in [0.1, 0.15) is 0 Å². The van der Waals surface area contributed by atoms with Gasteiger partial charge >= 0.3 is 0 Å². The first-order valence-corrected chi connectivity index (χ1v) is 8.08. The van der Waals surface area contributed by atoms with E-state index in [1.165, 1.54) is 49.2 Å². The van der Waals surface area contributed by atoms with Crippen molar-refractivity contribution in [3.8, 4) is 0 Å². The number of hydrogen-bond donors (Lipinski definition) is 1. The van der Waals surface area contributed by atoms with E-state index in [-0.39, 0.29) is 0 Å². The lowest BCUT2D eigenvalue weighted by Crippen LogP contribution is -2.29. The third-order valence-corrected chi connectivity index (χ3v) is 4.55. The van der Waals surface area contributed by atoms with E-state index in [1.807, 2.05) is 11.8 Å². The fourth-order valence-electron chi connectivity index (χ4n) is 2.55. The summed E-state index contributed by atoms with van der Waals surface area (Å²) < 4.78 is 0. The van der Waals surface area contributed by atoms with Crippen LogP contribution in [0.5, 0.6) is 0 Å². The molecule has 1 saturated heterocycles. The molecule has 0 radical (unpaired) electrons. The third kappa shape index (κ3) is 4.66. The summed E-state index contributed by atoms with van der Waals surface area (Å²) in [7, 11) is 0. The monoisotopic (exact) mass is 263 g/mol. The van der Waals surface area contributed by atoms with E-state index < -0.39 is 0 Å². The van der Waals surface area contributed by atoms with E-state index in [0.717, 1.165) is 5.92 Å². The SMILES string of the molecule is CC(C)Sc1ccc(CCC2CCCNC2)cc1. The molecule has 1 nitrogen and oxygen atoms in total. The van der Waals surface area contributed by atoms with Gasteiger partial charge in [0.25, 0.3) is 0 Å². The predicted octanol–water partition coefficient (Wildman–Crippen LogP) is 4.12. The maximum atomic E-state index is 3.50. The molecular formula is C16H25NS. The zero-order chi connectivity index (χ0) is 12.8. The van der Waals surface area contributed by atoms with Gasteiger partial charge in [-0.25, -0.2) is 0 Å². The summed E-state index contributed by atoms with van der Waals surface area (Å²) in [4.78, 5) is 1.40. The molecule has 0 aliphatic carbocycles. The van der Waals surface area contributed by atoms with Crippen LogP contribution >= 0.6 is 11.8 Å². The average Bonchev–Trinajstić information content (AvgIpc) is 2.38. The Hall–Kier alpha value is -0.470. The number of hydrogen-bond acceptors (Lipinski definition) is 2. The Balaban J connectivity index is 1.78. The minimum atomic E-state index is 0.671. The van der Waals surface area contributed by atoms with Crippen molar-refractivity contribution in [2.75, 3.05) is 13.1 Å². The molecule has 0 amide bonds. The van der Waals surface area contributed by atoms with Crippen LogP contribution in [-0.4, -0.2) is 18.3 Å². The van der Waals surface area contributed by atoms with Gasteiger partial charge in [0.05, 0.1) is 0 Å². The van der Waals surface area contributed by atoms with E-state index in [4.69, 9.17) is 0 Å². The molecule has 0 spiro atoms. The maximum absolute atomic E-state index is 3.50. The highest BCUT2D eigenvalue weighted by atomic mass is 32.2. The number of aryl methyl sites for hydroxylation is 1. The van der Waals surface area contributed by atoms with Crippen LogP contribution in [0.15, 0.2) is 29.2 Å². The van der Waals surface area contributed by atoms with Crippen molar-refractivity contribution in [2.24, 2.45) is 5.92 Å². The molecule has 1 fully saturated rings. The molecule has 2 rings (SSSR count). The molecule has 0 bridgehead atoms. The summed E-state index contributed by atoms with van der Waals surface area (Å²) in [5.74, 6) is 0.892. The zero-order valence-electron chi connectivity index (χ0n) is 11.6. The quantitative estimate of drug-likeness (QED) is 0.802. The smallest absolute Gasteiger partial charge is 0.00747 e. The van der Waals surface area contributed by atoms with Crippen LogP contribution in [-0.2, 0) is 6.42 Å². The summed E-state index contributed by atoms with van der Waals surface area (Å²) in [6.07, 6.45) is 5.34. The van der Waals surface area contributed by atoms with E-state index >= 15 is 0 Å². The van der Waals surface area contributed by atoms with Gasteiger partial charge in [-0.3, -0.25) is 0 Å². The van der Waals surface area contributed by atoms with Crippen molar-refractivity contribution >= 4 is 11.8 Å². The highest BCUT2D eigenvalue weighted by Crippen LogP contribution is 2.24. The predicted molar refractivity (Wildman–Crippen MR) is 81.3 cm³/mol. The Morgan fingerprint density at radius 3 is 2.67 bits per heavy atom. The van der Waals surface area contributed by atoms with Crippen LogP contribution in [0.3, 0.4) is 0 Å². The molecule has 1 aliphatic rings. The summed E-state index contributed by atoms with van der Waals surface area (Å²) in [5, 5.41) is 4.17. The van der Waals surface area contributed by atoms with Crippen molar-refractivity contribution in [3.63, 3.8) is 0 Å². The van der Waals surface area contributed by atoms with E-state index in [1.54, 1.807) is 0 Å². The molecule has 1 aromatic rings. The van der Waals surface area contributed by atoms with E-state index in [0.29, 0.717) is 5.25 Å². The Kier molecular flexibility index (Phi) is 5.58. The molecule has 0 aromatic heterocycles. The lowest BCUT2D eigenvalue weighted by molar-refractivity contribution is 0.358. The largest absolute Gasteiger partial charge is 0.316 e. The maximum Gasteiger partial charge on any atom is 0.00747 e. The second-order valence-electron chi connectivity index (χ2n) is 5.56. The van der Waals surface area contributed by atoms with E-state index in [9.17, 15) is 0 Å². The Morgan fingerprint density at radius 1 is 1.28 bits per heavy atom. The number of benzene rings is 1. The number of nitrogens with one attached hydrogen (secondary N) is 1. The Morgan fingerprint density at radius 2 is 2.06 bits per heavy atom. The molecular weight excluding hydrogens is 238 g/mol. The highest BCUT2D eigenvalue weighted by Gasteiger charge is 2.12. The van der Waals surface area contributed by atoms with Gasteiger partial charge in [-0.05, 0) is 62.4 Å². The molecule has 0 saturated carbocycles. The fraction of sp³-hybridized carbons (Fsp3) is 0.625. The molecule has 1 N–H and O–H groups in total. The first-order chi connectivity index (χ1) is 8.74. The number of rotatable bonds is 5. The van der Waals surface area contributed by atoms with Crippen molar-refractivity contribution in [2.45, 2.75) is 49.7 Å². The van der Waals surface area contributed by atoms with Crippen molar-refractivity contribution < 1.29 is 0 Å². The van der Waals surface area contributed by atoms with Crippen molar-refractivity contribution in [1.29, 1.82) is 0 Å². The van der Waals surface area contributed by atoms with Crippen LogP contribution < -0.4 is 5.32 Å². The second kappa shape index (κ2) is 7.20. The van der Waals surface area contributed by atoms with Crippen molar-refractivity contribution in [3.05, 3.63) is 29.8 Å². The Labute approximate surface area is 116 Å². The summed E-state index contributed by atoms with van der Waals surface area (Å²) in [6.45, 7) is 6.93. The first-order valence-electron chi connectivity index (χ1n) is 7.20. The molecule has 1 aliphatic heterocycles.